The third-order valence-corrected chi connectivity index (χ3v) is 6.91. The van der Waals surface area contributed by atoms with Crippen LogP contribution in [0.5, 0.6) is 11.5 Å². The summed E-state index contributed by atoms with van der Waals surface area (Å²) in [6, 6.07) is 24.7. The number of aromatic amines is 1. The number of H-pyrrole nitrogens is 1. The molecule has 186 valence electrons. The van der Waals surface area contributed by atoms with E-state index < -0.39 is 0 Å². The summed E-state index contributed by atoms with van der Waals surface area (Å²) in [6.45, 7) is 3.62. The van der Waals surface area contributed by atoms with Crippen LogP contribution in [0.1, 0.15) is 24.0 Å². The van der Waals surface area contributed by atoms with E-state index in [9.17, 15) is 4.79 Å². The van der Waals surface area contributed by atoms with E-state index in [1.807, 2.05) is 18.2 Å². The summed E-state index contributed by atoms with van der Waals surface area (Å²) in [5.41, 5.74) is 2.92. The van der Waals surface area contributed by atoms with Crippen molar-refractivity contribution in [2.75, 3.05) is 32.2 Å². The molecule has 0 radical (unpaired) electrons. The number of benzene rings is 3. The summed E-state index contributed by atoms with van der Waals surface area (Å²) in [5, 5.41) is 0.480. The van der Waals surface area contributed by atoms with Crippen molar-refractivity contribution in [3.63, 3.8) is 0 Å². The van der Waals surface area contributed by atoms with Gasteiger partial charge in [-0.1, -0.05) is 60.7 Å². The van der Waals surface area contributed by atoms with Crippen LogP contribution in [0.2, 0.25) is 0 Å². The molecule has 1 saturated heterocycles. The first-order valence-electron chi connectivity index (χ1n) is 12.4. The number of hydrogen-bond acceptors (Lipinski definition) is 6. The lowest BCUT2D eigenvalue weighted by Crippen LogP contribution is -2.45. The summed E-state index contributed by atoms with van der Waals surface area (Å²) in [6.07, 6.45) is 1.99. The minimum absolute atomic E-state index is 0.185. The number of hydrogen-bond donors (Lipinski definition) is 1. The van der Waals surface area contributed by atoms with Crippen LogP contribution in [0.4, 0.5) is 5.95 Å². The van der Waals surface area contributed by atoms with Crippen LogP contribution < -0.4 is 19.9 Å². The van der Waals surface area contributed by atoms with Gasteiger partial charge in [0, 0.05) is 38.3 Å². The van der Waals surface area contributed by atoms with Crippen LogP contribution in [0.3, 0.4) is 0 Å². The Morgan fingerprint density at radius 2 is 1.53 bits per heavy atom. The van der Waals surface area contributed by atoms with Gasteiger partial charge in [-0.15, -0.1) is 0 Å². The van der Waals surface area contributed by atoms with Crippen molar-refractivity contribution in [2.45, 2.75) is 32.0 Å². The van der Waals surface area contributed by atoms with Gasteiger partial charge in [0.05, 0.1) is 25.1 Å². The highest BCUT2D eigenvalue weighted by molar-refractivity contribution is 5.82. The molecule has 0 aliphatic carbocycles. The predicted octanol–water partition coefficient (Wildman–Crippen LogP) is 4.61. The largest absolute Gasteiger partial charge is 0.493 e. The van der Waals surface area contributed by atoms with Gasteiger partial charge in [0.2, 0.25) is 5.95 Å². The van der Waals surface area contributed by atoms with Crippen LogP contribution in [0.25, 0.3) is 10.9 Å². The Morgan fingerprint density at radius 1 is 0.917 bits per heavy atom. The van der Waals surface area contributed by atoms with Gasteiger partial charge in [-0.3, -0.25) is 14.7 Å². The molecule has 1 aliphatic rings. The second-order valence-electron chi connectivity index (χ2n) is 9.22. The van der Waals surface area contributed by atoms with Crippen LogP contribution in [-0.2, 0) is 13.1 Å². The quantitative estimate of drug-likeness (QED) is 0.394. The average Bonchev–Trinajstić information content (AvgIpc) is 2.92. The summed E-state index contributed by atoms with van der Waals surface area (Å²) in [7, 11) is 3.15. The third kappa shape index (κ3) is 5.21. The molecule has 0 unspecified atom stereocenters. The molecule has 1 N–H and O–H groups in total. The number of ether oxygens (including phenoxy) is 2. The molecule has 4 aromatic rings. The van der Waals surface area contributed by atoms with Gasteiger partial charge in [0.15, 0.2) is 11.5 Å². The average molecular weight is 485 g/mol. The first-order chi connectivity index (χ1) is 17.6. The van der Waals surface area contributed by atoms with Crippen molar-refractivity contribution >= 4 is 16.9 Å². The maximum atomic E-state index is 13.1. The highest BCUT2D eigenvalue weighted by Gasteiger charge is 2.27. The maximum Gasteiger partial charge on any atom is 0.260 e. The van der Waals surface area contributed by atoms with E-state index in [4.69, 9.17) is 14.5 Å². The fourth-order valence-electron chi connectivity index (χ4n) is 4.98. The van der Waals surface area contributed by atoms with Crippen molar-refractivity contribution in [1.29, 1.82) is 0 Å². The highest BCUT2D eigenvalue weighted by atomic mass is 16.5. The fourth-order valence-corrected chi connectivity index (χ4v) is 4.98. The summed E-state index contributed by atoms with van der Waals surface area (Å²) in [4.78, 5) is 25.8. The molecule has 0 amide bonds. The normalized spacial score (nSPS) is 14.6. The number of anilines is 1. The first-order valence-corrected chi connectivity index (χ1v) is 12.4. The van der Waals surface area contributed by atoms with Crippen LogP contribution in [-0.4, -0.2) is 48.2 Å². The van der Waals surface area contributed by atoms with Gasteiger partial charge >= 0.3 is 0 Å². The molecule has 7 heteroatoms. The molecule has 0 atom stereocenters. The van der Waals surface area contributed by atoms with Crippen molar-refractivity contribution in [3.8, 4) is 11.5 Å². The Morgan fingerprint density at radius 3 is 2.17 bits per heavy atom. The molecular formula is C29H32N4O3. The highest BCUT2D eigenvalue weighted by Crippen LogP contribution is 2.31. The molecule has 2 heterocycles. The smallest absolute Gasteiger partial charge is 0.260 e. The number of piperidine rings is 1. The number of likely N-dealkylation sites (tertiary alicyclic amines) is 1. The molecular weight excluding hydrogens is 452 g/mol. The SMILES string of the molecule is COc1cc2nc(N(Cc3ccccc3)C3CCN(Cc4ccccc4)CC3)[nH]c(=O)c2cc1OC. The first kappa shape index (κ1) is 23.9. The van der Waals surface area contributed by atoms with Gasteiger partial charge in [-0.05, 0) is 30.0 Å². The zero-order valence-electron chi connectivity index (χ0n) is 20.8. The lowest BCUT2D eigenvalue weighted by Gasteiger charge is -2.39. The lowest BCUT2D eigenvalue weighted by molar-refractivity contribution is 0.200. The number of methoxy groups -OCH3 is 2. The minimum atomic E-state index is -0.185. The van der Waals surface area contributed by atoms with Gasteiger partial charge in [0.25, 0.3) is 5.56 Å². The summed E-state index contributed by atoms with van der Waals surface area (Å²) < 4.78 is 10.8. The molecule has 1 aliphatic heterocycles. The molecule has 0 saturated carbocycles. The minimum Gasteiger partial charge on any atom is -0.493 e. The molecule has 0 bridgehead atoms. The molecule has 1 fully saturated rings. The van der Waals surface area contributed by atoms with E-state index in [2.05, 4.69) is 57.2 Å². The van der Waals surface area contributed by atoms with E-state index in [-0.39, 0.29) is 11.6 Å². The topological polar surface area (TPSA) is 70.7 Å². The Labute approximate surface area is 211 Å². The number of nitrogens with zero attached hydrogens (tertiary/aromatic N) is 3. The predicted molar refractivity (Wildman–Crippen MR) is 143 cm³/mol. The van der Waals surface area contributed by atoms with Gasteiger partial charge in [-0.25, -0.2) is 4.98 Å². The third-order valence-electron chi connectivity index (χ3n) is 6.91. The van der Waals surface area contributed by atoms with E-state index in [0.29, 0.717) is 34.9 Å². The van der Waals surface area contributed by atoms with E-state index in [1.54, 1.807) is 26.4 Å². The Kier molecular flexibility index (Phi) is 7.18. The maximum absolute atomic E-state index is 13.1. The van der Waals surface area contributed by atoms with Gasteiger partial charge < -0.3 is 14.4 Å². The van der Waals surface area contributed by atoms with Crippen molar-refractivity contribution in [2.24, 2.45) is 0 Å². The fraction of sp³-hybridized carbons (Fsp3) is 0.310. The molecule has 7 nitrogen and oxygen atoms in total. The van der Waals surface area contributed by atoms with E-state index >= 15 is 0 Å². The van der Waals surface area contributed by atoms with Crippen molar-refractivity contribution < 1.29 is 9.47 Å². The number of nitrogens with one attached hydrogen (secondary N) is 1. The Bertz CT molecular complexity index is 1350. The second kappa shape index (κ2) is 10.8. The molecule has 0 spiro atoms. The van der Waals surface area contributed by atoms with E-state index in [1.165, 1.54) is 11.1 Å². The summed E-state index contributed by atoms with van der Waals surface area (Å²) >= 11 is 0. The zero-order valence-corrected chi connectivity index (χ0v) is 20.8. The number of rotatable bonds is 8. The zero-order chi connectivity index (χ0) is 24.9. The molecule has 3 aromatic carbocycles. The molecule has 1 aromatic heterocycles. The monoisotopic (exact) mass is 484 g/mol. The number of aromatic nitrogens is 2. The van der Waals surface area contributed by atoms with Crippen molar-refractivity contribution in [1.82, 2.24) is 14.9 Å². The van der Waals surface area contributed by atoms with Crippen LogP contribution >= 0.6 is 0 Å². The van der Waals surface area contributed by atoms with E-state index in [0.717, 1.165) is 32.5 Å². The molecule has 36 heavy (non-hydrogen) atoms. The molecule has 5 rings (SSSR count). The second-order valence-corrected chi connectivity index (χ2v) is 9.22. The Balaban J connectivity index is 1.44. The number of fused-ring (bicyclic) bond motifs is 1. The lowest BCUT2D eigenvalue weighted by atomic mass is 10.0. The Hall–Kier alpha value is -3.84. The summed E-state index contributed by atoms with van der Waals surface area (Å²) in [5.74, 6) is 1.65. The standard InChI is InChI=1S/C29H32N4O3/c1-35-26-17-24-25(18-27(26)36-2)30-29(31-28(24)34)33(20-22-11-7-4-8-12-22)23-13-15-32(16-14-23)19-21-9-5-3-6-10-21/h3-12,17-18,23H,13-16,19-20H2,1-2H3,(H,30,31,34). The van der Waals surface area contributed by atoms with Gasteiger partial charge in [-0.2, -0.15) is 0 Å². The van der Waals surface area contributed by atoms with Gasteiger partial charge in [0.1, 0.15) is 0 Å². The van der Waals surface area contributed by atoms with Crippen LogP contribution in [0.15, 0.2) is 77.6 Å². The van der Waals surface area contributed by atoms with Crippen LogP contribution in [0, 0.1) is 0 Å². The van der Waals surface area contributed by atoms with Crippen molar-refractivity contribution in [3.05, 3.63) is 94.3 Å².